The van der Waals surface area contributed by atoms with Gasteiger partial charge >= 0.3 is 0 Å². The van der Waals surface area contributed by atoms with Crippen molar-refractivity contribution in [2.24, 2.45) is 0 Å². The Kier molecular flexibility index (Phi) is 8.40. The highest BCUT2D eigenvalue weighted by atomic mass is 16.2. The van der Waals surface area contributed by atoms with Crippen molar-refractivity contribution < 1.29 is 4.79 Å². The highest BCUT2D eigenvalue weighted by Crippen LogP contribution is 2.28. The average Bonchev–Trinajstić information content (AvgIpc) is 2.85. The van der Waals surface area contributed by atoms with Gasteiger partial charge in [-0.15, -0.1) is 0 Å². The predicted octanol–water partition coefficient (Wildman–Crippen LogP) is 4.85. The van der Waals surface area contributed by atoms with Gasteiger partial charge in [0.2, 0.25) is 5.91 Å². The number of likely N-dealkylation sites (tertiary alicyclic amines) is 2. The summed E-state index contributed by atoms with van der Waals surface area (Å²) in [6, 6.07) is 15.5. The molecule has 0 unspecified atom stereocenters. The van der Waals surface area contributed by atoms with E-state index in [0.29, 0.717) is 12.6 Å². The lowest BCUT2D eigenvalue weighted by atomic mass is 10.00. The third-order valence-corrected chi connectivity index (χ3v) is 7.34. The summed E-state index contributed by atoms with van der Waals surface area (Å²) in [5, 5.41) is 6.77. The smallest absolute Gasteiger partial charge is 0.238 e. The van der Waals surface area contributed by atoms with Gasteiger partial charge in [0.15, 0.2) is 0 Å². The van der Waals surface area contributed by atoms with Crippen LogP contribution in [0.15, 0.2) is 42.5 Å². The Morgan fingerprint density at radius 3 is 2.39 bits per heavy atom. The first kappa shape index (κ1) is 23.8. The summed E-state index contributed by atoms with van der Waals surface area (Å²) in [5.74, 6) is 0.0964. The maximum atomic E-state index is 12.9. The van der Waals surface area contributed by atoms with E-state index in [-0.39, 0.29) is 5.91 Å². The summed E-state index contributed by atoms with van der Waals surface area (Å²) < 4.78 is 0. The molecule has 33 heavy (non-hydrogen) atoms. The summed E-state index contributed by atoms with van der Waals surface area (Å²) in [6.07, 6.45) is 7.43. The van der Waals surface area contributed by atoms with E-state index in [1.54, 1.807) is 0 Å². The van der Waals surface area contributed by atoms with Crippen molar-refractivity contribution in [3.8, 4) is 0 Å². The molecule has 2 heterocycles. The van der Waals surface area contributed by atoms with Crippen LogP contribution in [0, 0.1) is 13.8 Å². The molecule has 0 radical (unpaired) electrons. The summed E-state index contributed by atoms with van der Waals surface area (Å²) in [5.41, 5.74) is 5.59. The lowest BCUT2D eigenvalue weighted by Crippen LogP contribution is -2.48. The number of nitrogens with zero attached hydrogens (tertiary/aromatic N) is 2. The van der Waals surface area contributed by atoms with Crippen LogP contribution in [0.2, 0.25) is 0 Å². The molecule has 2 saturated heterocycles. The average molecular weight is 449 g/mol. The van der Waals surface area contributed by atoms with Gasteiger partial charge in [-0.05, 0) is 81.8 Å². The van der Waals surface area contributed by atoms with Crippen molar-refractivity contribution in [2.75, 3.05) is 49.9 Å². The first-order chi connectivity index (χ1) is 16.1. The molecule has 5 nitrogen and oxygen atoms in total. The number of amides is 1. The van der Waals surface area contributed by atoms with Gasteiger partial charge in [0.05, 0.1) is 6.54 Å². The monoisotopic (exact) mass is 448 g/mol. The van der Waals surface area contributed by atoms with E-state index >= 15 is 0 Å². The van der Waals surface area contributed by atoms with Crippen LogP contribution in [0.4, 0.5) is 11.4 Å². The molecule has 4 rings (SSSR count). The van der Waals surface area contributed by atoms with Crippen LogP contribution >= 0.6 is 0 Å². The van der Waals surface area contributed by atoms with Gasteiger partial charge in [-0.2, -0.15) is 0 Å². The zero-order chi connectivity index (χ0) is 23.0. The standard InChI is InChI=1S/C28H40N4O/c1-22-11-12-26(29-16-13-24-9-5-3-6-10-24)23(2)28(22)30-27(33)21-31-19-14-25(15-20-31)32-17-7-4-8-18-32/h3,5-6,9-12,25,29H,4,7-8,13-21H2,1-2H3,(H,30,33). The molecule has 2 aliphatic heterocycles. The first-order valence-electron chi connectivity index (χ1n) is 12.7. The highest BCUT2D eigenvalue weighted by molar-refractivity contribution is 5.94. The second-order valence-electron chi connectivity index (χ2n) is 9.74. The summed E-state index contributed by atoms with van der Waals surface area (Å²) in [4.78, 5) is 17.9. The number of hydrogen-bond donors (Lipinski definition) is 2. The lowest BCUT2D eigenvalue weighted by molar-refractivity contribution is -0.117. The van der Waals surface area contributed by atoms with Crippen LogP contribution in [-0.2, 0) is 11.2 Å². The number of piperidine rings is 2. The van der Waals surface area contributed by atoms with Crippen molar-refractivity contribution >= 4 is 17.3 Å². The molecule has 0 aliphatic carbocycles. The minimum atomic E-state index is 0.0964. The van der Waals surface area contributed by atoms with Gasteiger partial charge in [0, 0.05) is 37.1 Å². The maximum Gasteiger partial charge on any atom is 0.238 e. The van der Waals surface area contributed by atoms with E-state index in [9.17, 15) is 4.79 Å². The largest absolute Gasteiger partial charge is 0.384 e. The van der Waals surface area contributed by atoms with Crippen molar-refractivity contribution in [1.82, 2.24) is 9.80 Å². The van der Waals surface area contributed by atoms with Crippen LogP contribution in [0.3, 0.4) is 0 Å². The molecule has 1 amide bonds. The topological polar surface area (TPSA) is 47.6 Å². The van der Waals surface area contributed by atoms with Gasteiger partial charge in [-0.1, -0.05) is 42.8 Å². The number of nitrogens with one attached hydrogen (secondary N) is 2. The third-order valence-electron chi connectivity index (χ3n) is 7.34. The summed E-state index contributed by atoms with van der Waals surface area (Å²) in [6.45, 7) is 10.1. The SMILES string of the molecule is Cc1ccc(NCCc2ccccc2)c(C)c1NC(=O)CN1CCC(N2CCCCC2)CC1. The minimum Gasteiger partial charge on any atom is -0.384 e. The number of rotatable bonds is 8. The second-order valence-corrected chi connectivity index (χ2v) is 9.74. The maximum absolute atomic E-state index is 12.9. The van der Waals surface area contributed by atoms with E-state index in [0.717, 1.165) is 48.6 Å². The van der Waals surface area contributed by atoms with E-state index < -0.39 is 0 Å². The zero-order valence-corrected chi connectivity index (χ0v) is 20.4. The quantitative estimate of drug-likeness (QED) is 0.606. The molecule has 2 N–H and O–H groups in total. The molecule has 0 spiro atoms. The van der Waals surface area contributed by atoms with Crippen molar-refractivity contribution in [3.05, 3.63) is 59.2 Å². The minimum absolute atomic E-state index is 0.0964. The Balaban J connectivity index is 1.27. The molecule has 2 aliphatic rings. The van der Waals surface area contributed by atoms with Gasteiger partial charge in [0.25, 0.3) is 0 Å². The Bertz CT molecular complexity index is 900. The molecule has 178 valence electrons. The predicted molar refractivity (Wildman–Crippen MR) is 138 cm³/mol. The molecular weight excluding hydrogens is 408 g/mol. The fraction of sp³-hybridized carbons (Fsp3) is 0.536. The first-order valence-corrected chi connectivity index (χ1v) is 12.7. The molecule has 2 aromatic rings. The summed E-state index contributed by atoms with van der Waals surface area (Å²) >= 11 is 0. The lowest BCUT2D eigenvalue weighted by Gasteiger charge is -2.40. The van der Waals surface area contributed by atoms with Crippen molar-refractivity contribution in [2.45, 2.75) is 58.4 Å². The molecule has 0 atom stereocenters. The number of carbonyl (C=O) groups excluding carboxylic acids is 1. The number of aryl methyl sites for hydroxylation is 1. The molecule has 2 fully saturated rings. The summed E-state index contributed by atoms with van der Waals surface area (Å²) in [7, 11) is 0. The van der Waals surface area contributed by atoms with Gasteiger partial charge in [-0.25, -0.2) is 0 Å². The third kappa shape index (κ3) is 6.58. The van der Waals surface area contributed by atoms with E-state index in [1.165, 1.54) is 50.8 Å². The Morgan fingerprint density at radius 1 is 0.939 bits per heavy atom. The highest BCUT2D eigenvalue weighted by Gasteiger charge is 2.26. The van der Waals surface area contributed by atoms with E-state index in [4.69, 9.17) is 0 Å². The molecule has 0 bridgehead atoms. The van der Waals surface area contributed by atoms with Crippen LogP contribution < -0.4 is 10.6 Å². The molecule has 2 aromatic carbocycles. The van der Waals surface area contributed by atoms with Gasteiger partial charge < -0.3 is 15.5 Å². The fourth-order valence-corrected chi connectivity index (χ4v) is 5.33. The zero-order valence-electron chi connectivity index (χ0n) is 20.4. The Labute approximate surface area is 199 Å². The van der Waals surface area contributed by atoms with Crippen LogP contribution in [0.1, 0.15) is 48.8 Å². The van der Waals surface area contributed by atoms with Crippen LogP contribution in [0.25, 0.3) is 0 Å². The fourth-order valence-electron chi connectivity index (χ4n) is 5.33. The van der Waals surface area contributed by atoms with E-state index in [1.807, 2.05) is 6.07 Å². The normalized spacial score (nSPS) is 18.2. The molecular formula is C28H40N4O. The Morgan fingerprint density at radius 2 is 1.67 bits per heavy atom. The van der Waals surface area contributed by atoms with Crippen molar-refractivity contribution in [3.63, 3.8) is 0 Å². The van der Waals surface area contributed by atoms with Crippen molar-refractivity contribution in [1.29, 1.82) is 0 Å². The Hall–Kier alpha value is -2.37. The van der Waals surface area contributed by atoms with Crippen LogP contribution in [-0.4, -0.2) is 61.0 Å². The number of anilines is 2. The number of hydrogen-bond acceptors (Lipinski definition) is 4. The molecule has 5 heteroatoms. The number of carbonyl (C=O) groups is 1. The van der Waals surface area contributed by atoms with E-state index in [2.05, 4.69) is 70.7 Å². The second kappa shape index (κ2) is 11.7. The molecule has 0 aromatic heterocycles. The number of benzene rings is 2. The van der Waals surface area contributed by atoms with Gasteiger partial charge in [-0.3, -0.25) is 9.69 Å². The van der Waals surface area contributed by atoms with Crippen LogP contribution in [0.5, 0.6) is 0 Å². The molecule has 0 saturated carbocycles. The van der Waals surface area contributed by atoms with Gasteiger partial charge in [0.1, 0.15) is 0 Å².